The van der Waals surface area contributed by atoms with Crippen LogP contribution in [0.1, 0.15) is 30.3 Å². The van der Waals surface area contributed by atoms with Crippen LogP contribution in [0, 0.1) is 11.8 Å². The number of carbonyl (C=O) groups excluding carboxylic acids is 1. The summed E-state index contributed by atoms with van der Waals surface area (Å²) in [4.78, 5) is 11.5. The lowest BCUT2D eigenvalue weighted by Gasteiger charge is -2.09. The molecule has 1 atom stereocenters. The molecule has 3 N–H and O–H groups in total. The molecule has 6 heteroatoms. The highest BCUT2D eigenvalue weighted by Gasteiger charge is 2.28. The van der Waals surface area contributed by atoms with Crippen LogP contribution in [-0.4, -0.2) is 22.8 Å². The predicted molar refractivity (Wildman–Crippen MR) is 52.9 cm³/mol. The van der Waals surface area contributed by atoms with Crippen LogP contribution in [0.5, 0.6) is 0 Å². The molecular formula is C9H14N4O2. The molecule has 0 saturated heterocycles. The summed E-state index contributed by atoms with van der Waals surface area (Å²) >= 11 is 0. The molecule has 6 nitrogen and oxygen atoms in total. The van der Waals surface area contributed by atoms with Crippen LogP contribution >= 0.6 is 0 Å². The molecule has 0 aliphatic heterocycles. The predicted octanol–water partition coefficient (Wildman–Crippen LogP) is 0.428. The third kappa shape index (κ3) is 2.26. The van der Waals surface area contributed by atoms with E-state index in [-0.39, 0.29) is 17.4 Å². The minimum absolute atomic E-state index is 0.0339. The number of nitrogens with zero attached hydrogens (tertiary/aromatic N) is 2. The second-order valence-electron chi connectivity index (χ2n) is 4.02. The zero-order valence-electron chi connectivity index (χ0n) is 8.56. The number of nitrogens with one attached hydrogen (secondary N) is 1. The van der Waals surface area contributed by atoms with Gasteiger partial charge in [0.25, 0.3) is 5.91 Å². The molecule has 1 unspecified atom stereocenters. The van der Waals surface area contributed by atoms with Crippen LogP contribution in [0.4, 0.5) is 5.82 Å². The average molecular weight is 210 g/mol. The monoisotopic (exact) mass is 210 g/mol. The number of amides is 1. The molecule has 1 aliphatic carbocycles. The number of hydrogen-bond acceptors (Lipinski definition) is 5. The van der Waals surface area contributed by atoms with Crippen LogP contribution in [0.15, 0.2) is 4.63 Å². The van der Waals surface area contributed by atoms with Crippen LogP contribution < -0.4 is 11.1 Å². The lowest BCUT2D eigenvalue weighted by molar-refractivity contribution is 0.0937. The summed E-state index contributed by atoms with van der Waals surface area (Å²) in [7, 11) is 0. The number of aromatic nitrogens is 2. The first-order chi connectivity index (χ1) is 7.18. The van der Waals surface area contributed by atoms with Crippen molar-refractivity contribution in [2.24, 2.45) is 11.8 Å². The number of rotatable bonds is 4. The van der Waals surface area contributed by atoms with Crippen molar-refractivity contribution in [3.8, 4) is 0 Å². The Labute approximate surface area is 87.2 Å². The van der Waals surface area contributed by atoms with Crippen LogP contribution in [-0.2, 0) is 0 Å². The Morgan fingerprint density at radius 1 is 1.67 bits per heavy atom. The SMILES string of the molecule is CC(CNC(=O)c1nonc1N)C1CC1. The summed E-state index contributed by atoms with van der Waals surface area (Å²) in [6.45, 7) is 2.78. The van der Waals surface area contributed by atoms with E-state index in [0.717, 1.165) is 5.92 Å². The fourth-order valence-electron chi connectivity index (χ4n) is 1.52. The summed E-state index contributed by atoms with van der Waals surface area (Å²) in [5.74, 6) is 0.987. The molecule has 15 heavy (non-hydrogen) atoms. The highest BCUT2D eigenvalue weighted by Crippen LogP contribution is 2.36. The first-order valence-electron chi connectivity index (χ1n) is 5.04. The molecule has 1 aromatic rings. The standard InChI is InChI=1S/C9H14N4O2/c1-5(6-2-3-6)4-11-9(14)7-8(10)13-15-12-7/h5-6H,2-4H2,1H3,(H2,10,13)(H,11,14). The zero-order chi connectivity index (χ0) is 10.8. The first-order valence-corrected chi connectivity index (χ1v) is 5.04. The van der Waals surface area contributed by atoms with E-state index in [1.165, 1.54) is 12.8 Å². The highest BCUT2D eigenvalue weighted by atomic mass is 16.6. The lowest BCUT2D eigenvalue weighted by Crippen LogP contribution is -2.29. The normalized spacial score (nSPS) is 17.4. The second kappa shape index (κ2) is 3.88. The summed E-state index contributed by atoms with van der Waals surface area (Å²) in [5.41, 5.74) is 5.46. The van der Waals surface area contributed by atoms with Crippen molar-refractivity contribution >= 4 is 11.7 Å². The van der Waals surface area contributed by atoms with Crippen molar-refractivity contribution in [2.45, 2.75) is 19.8 Å². The number of carbonyl (C=O) groups is 1. The maximum Gasteiger partial charge on any atom is 0.277 e. The van der Waals surface area contributed by atoms with E-state index in [4.69, 9.17) is 5.73 Å². The molecule has 1 aliphatic rings. The van der Waals surface area contributed by atoms with Gasteiger partial charge in [0.05, 0.1) is 0 Å². The van der Waals surface area contributed by atoms with Gasteiger partial charge in [-0.1, -0.05) is 6.92 Å². The van der Waals surface area contributed by atoms with E-state index in [2.05, 4.69) is 27.2 Å². The first kappa shape index (κ1) is 9.95. The molecule has 0 spiro atoms. The van der Waals surface area contributed by atoms with Gasteiger partial charge in [-0.15, -0.1) is 0 Å². The fourth-order valence-corrected chi connectivity index (χ4v) is 1.52. The number of nitrogen functional groups attached to an aromatic ring is 1. The van der Waals surface area contributed by atoms with Crippen molar-refractivity contribution in [3.63, 3.8) is 0 Å². The molecule has 2 rings (SSSR count). The van der Waals surface area contributed by atoms with Gasteiger partial charge < -0.3 is 11.1 Å². The lowest BCUT2D eigenvalue weighted by atomic mass is 10.1. The molecule has 1 fully saturated rings. The Morgan fingerprint density at radius 2 is 2.40 bits per heavy atom. The van der Waals surface area contributed by atoms with Crippen molar-refractivity contribution < 1.29 is 9.42 Å². The Balaban J connectivity index is 1.84. The second-order valence-corrected chi connectivity index (χ2v) is 4.02. The molecule has 1 aromatic heterocycles. The number of anilines is 1. The molecular weight excluding hydrogens is 196 g/mol. The minimum Gasteiger partial charge on any atom is -0.379 e. The topological polar surface area (TPSA) is 94.0 Å². The van der Waals surface area contributed by atoms with E-state index in [1.807, 2.05) is 0 Å². The molecule has 0 radical (unpaired) electrons. The fraction of sp³-hybridized carbons (Fsp3) is 0.667. The van der Waals surface area contributed by atoms with Gasteiger partial charge in [-0.25, -0.2) is 4.63 Å². The van der Waals surface area contributed by atoms with E-state index in [1.54, 1.807) is 0 Å². The van der Waals surface area contributed by atoms with Crippen LogP contribution in [0.2, 0.25) is 0 Å². The van der Waals surface area contributed by atoms with Gasteiger partial charge in [-0.2, -0.15) is 0 Å². The Hall–Kier alpha value is -1.59. The third-order valence-electron chi connectivity index (χ3n) is 2.74. The van der Waals surface area contributed by atoms with Crippen molar-refractivity contribution in [3.05, 3.63) is 5.69 Å². The van der Waals surface area contributed by atoms with Crippen molar-refractivity contribution in [1.29, 1.82) is 0 Å². The summed E-state index contributed by atoms with van der Waals surface area (Å²) in [6, 6.07) is 0. The average Bonchev–Trinajstić information content (AvgIpc) is 2.98. The van der Waals surface area contributed by atoms with E-state index < -0.39 is 0 Å². The smallest absolute Gasteiger partial charge is 0.277 e. The minimum atomic E-state index is -0.318. The van der Waals surface area contributed by atoms with E-state index in [0.29, 0.717) is 12.5 Å². The molecule has 0 bridgehead atoms. The molecule has 1 amide bonds. The summed E-state index contributed by atoms with van der Waals surface area (Å²) in [6.07, 6.45) is 2.54. The maximum atomic E-state index is 11.5. The highest BCUT2D eigenvalue weighted by molar-refractivity contribution is 5.95. The summed E-state index contributed by atoms with van der Waals surface area (Å²) in [5, 5.41) is 9.54. The quantitative estimate of drug-likeness (QED) is 0.751. The Bertz CT molecular complexity index is 359. The van der Waals surface area contributed by atoms with Crippen molar-refractivity contribution in [2.75, 3.05) is 12.3 Å². The van der Waals surface area contributed by atoms with Gasteiger partial charge in [0.15, 0.2) is 0 Å². The molecule has 1 saturated carbocycles. The van der Waals surface area contributed by atoms with Crippen LogP contribution in [0.3, 0.4) is 0 Å². The van der Waals surface area contributed by atoms with Gasteiger partial charge in [0, 0.05) is 6.54 Å². The Morgan fingerprint density at radius 3 is 2.93 bits per heavy atom. The van der Waals surface area contributed by atoms with Gasteiger partial charge in [0.1, 0.15) is 0 Å². The van der Waals surface area contributed by atoms with Gasteiger partial charge in [0.2, 0.25) is 11.5 Å². The van der Waals surface area contributed by atoms with Gasteiger partial charge in [-0.05, 0) is 35.0 Å². The maximum absolute atomic E-state index is 11.5. The van der Waals surface area contributed by atoms with Crippen LogP contribution in [0.25, 0.3) is 0 Å². The van der Waals surface area contributed by atoms with Gasteiger partial charge >= 0.3 is 0 Å². The van der Waals surface area contributed by atoms with E-state index >= 15 is 0 Å². The van der Waals surface area contributed by atoms with E-state index in [9.17, 15) is 4.79 Å². The number of hydrogen-bond donors (Lipinski definition) is 2. The Kier molecular flexibility index (Phi) is 2.57. The number of nitrogens with two attached hydrogens (primary N) is 1. The molecule has 82 valence electrons. The molecule has 0 aromatic carbocycles. The molecule has 1 heterocycles. The van der Waals surface area contributed by atoms with Crippen molar-refractivity contribution in [1.82, 2.24) is 15.6 Å². The summed E-state index contributed by atoms with van der Waals surface area (Å²) < 4.78 is 4.35. The zero-order valence-corrected chi connectivity index (χ0v) is 8.56. The third-order valence-corrected chi connectivity index (χ3v) is 2.74. The van der Waals surface area contributed by atoms with Gasteiger partial charge in [-0.3, -0.25) is 4.79 Å². The largest absolute Gasteiger partial charge is 0.379 e.